The fourth-order valence-corrected chi connectivity index (χ4v) is 1.77. The molecule has 2 aromatic rings. The van der Waals surface area contributed by atoms with Crippen molar-refractivity contribution in [3.63, 3.8) is 0 Å². The number of nitrogens with two attached hydrogens (primary N) is 1. The summed E-state index contributed by atoms with van der Waals surface area (Å²) < 4.78 is 5.84. The molecule has 3 nitrogen and oxygen atoms in total. The van der Waals surface area contributed by atoms with Crippen molar-refractivity contribution in [2.24, 2.45) is 5.73 Å². The lowest BCUT2D eigenvalue weighted by Gasteiger charge is -2.17. The van der Waals surface area contributed by atoms with Gasteiger partial charge in [-0.3, -0.25) is 4.98 Å². The Morgan fingerprint density at radius 2 is 2.17 bits per heavy atom. The van der Waals surface area contributed by atoms with Crippen molar-refractivity contribution in [3.05, 3.63) is 58.9 Å². The fourth-order valence-electron chi connectivity index (χ4n) is 1.65. The molecule has 2 N–H and O–H groups in total. The van der Waals surface area contributed by atoms with E-state index < -0.39 is 0 Å². The molecule has 0 amide bonds. The molecule has 1 aromatic carbocycles. The smallest absolute Gasteiger partial charge is 0.153 e. The van der Waals surface area contributed by atoms with E-state index in [1.165, 1.54) is 0 Å². The van der Waals surface area contributed by atoms with Crippen LogP contribution in [0.25, 0.3) is 0 Å². The van der Waals surface area contributed by atoms with Crippen LogP contribution in [0.4, 0.5) is 0 Å². The van der Waals surface area contributed by atoms with E-state index in [2.05, 4.69) is 4.98 Å². The second kappa shape index (κ2) is 5.85. The molecule has 0 aliphatic heterocycles. The van der Waals surface area contributed by atoms with Crippen LogP contribution in [0.1, 0.15) is 17.4 Å². The molecular weight excluding hydrogens is 248 g/mol. The average Bonchev–Trinajstić information content (AvgIpc) is 2.41. The highest BCUT2D eigenvalue weighted by Crippen LogP contribution is 2.24. The summed E-state index contributed by atoms with van der Waals surface area (Å²) >= 11 is 5.98. The maximum atomic E-state index is 5.98. The predicted octanol–water partition coefficient (Wildman–Crippen LogP) is 3.12. The predicted molar refractivity (Wildman–Crippen MR) is 72.8 cm³/mol. The summed E-state index contributed by atoms with van der Waals surface area (Å²) in [5.74, 6) is 0.748. The largest absolute Gasteiger partial charge is 0.483 e. The van der Waals surface area contributed by atoms with Crippen molar-refractivity contribution in [2.75, 3.05) is 6.54 Å². The number of pyridine rings is 1. The Kier molecular flexibility index (Phi) is 4.18. The van der Waals surface area contributed by atoms with Crippen LogP contribution in [0, 0.1) is 6.92 Å². The van der Waals surface area contributed by atoms with Crippen molar-refractivity contribution in [1.29, 1.82) is 0 Å². The van der Waals surface area contributed by atoms with Crippen molar-refractivity contribution in [1.82, 2.24) is 4.98 Å². The van der Waals surface area contributed by atoms with Gasteiger partial charge in [0.25, 0.3) is 0 Å². The van der Waals surface area contributed by atoms with Gasteiger partial charge >= 0.3 is 0 Å². The second-order valence-corrected chi connectivity index (χ2v) is 4.41. The first-order valence-electron chi connectivity index (χ1n) is 5.74. The van der Waals surface area contributed by atoms with Crippen LogP contribution in [0.15, 0.2) is 42.6 Å². The number of benzene rings is 1. The third-order valence-electron chi connectivity index (χ3n) is 2.64. The molecule has 94 valence electrons. The maximum absolute atomic E-state index is 5.98. The average molecular weight is 263 g/mol. The molecule has 2 rings (SSSR count). The summed E-state index contributed by atoms with van der Waals surface area (Å²) in [6, 6.07) is 11.2. The Morgan fingerprint density at radius 1 is 1.33 bits per heavy atom. The molecule has 0 aliphatic rings. The number of ether oxygens (including phenoxy) is 1. The zero-order valence-electron chi connectivity index (χ0n) is 10.1. The first-order valence-corrected chi connectivity index (χ1v) is 6.12. The van der Waals surface area contributed by atoms with Gasteiger partial charge in [-0.15, -0.1) is 0 Å². The van der Waals surface area contributed by atoms with E-state index in [1.54, 1.807) is 6.20 Å². The lowest BCUT2D eigenvalue weighted by atomic mass is 10.2. The van der Waals surface area contributed by atoms with Crippen molar-refractivity contribution < 1.29 is 4.74 Å². The minimum atomic E-state index is -0.244. The van der Waals surface area contributed by atoms with Crippen LogP contribution in [0.2, 0.25) is 5.02 Å². The highest BCUT2D eigenvalue weighted by atomic mass is 35.5. The normalized spacial score (nSPS) is 12.2. The molecule has 1 heterocycles. The van der Waals surface area contributed by atoms with E-state index >= 15 is 0 Å². The molecule has 0 fully saturated rings. The maximum Gasteiger partial charge on any atom is 0.153 e. The van der Waals surface area contributed by atoms with Crippen LogP contribution < -0.4 is 10.5 Å². The highest BCUT2D eigenvalue weighted by molar-refractivity contribution is 6.31. The van der Waals surface area contributed by atoms with E-state index in [0.29, 0.717) is 6.54 Å². The van der Waals surface area contributed by atoms with Gasteiger partial charge in [-0.1, -0.05) is 17.7 Å². The fraction of sp³-hybridized carbons (Fsp3) is 0.214. The minimum Gasteiger partial charge on any atom is -0.483 e. The molecular formula is C14H15ClN2O. The van der Waals surface area contributed by atoms with E-state index in [4.69, 9.17) is 22.1 Å². The Labute approximate surface area is 112 Å². The summed E-state index contributed by atoms with van der Waals surface area (Å²) in [4.78, 5) is 4.25. The molecule has 0 spiro atoms. The molecule has 1 atom stereocenters. The number of aryl methyl sites for hydroxylation is 1. The van der Waals surface area contributed by atoms with Crippen LogP contribution in [0.5, 0.6) is 5.75 Å². The van der Waals surface area contributed by atoms with Crippen molar-refractivity contribution in [3.8, 4) is 5.75 Å². The molecule has 1 aromatic heterocycles. The number of hydrogen-bond acceptors (Lipinski definition) is 3. The summed E-state index contributed by atoms with van der Waals surface area (Å²) in [7, 11) is 0. The summed E-state index contributed by atoms with van der Waals surface area (Å²) in [5.41, 5.74) is 7.53. The first-order chi connectivity index (χ1) is 8.70. The van der Waals surface area contributed by atoms with Crippen LogP contribution in [-0.2, 0) is 0 Å². The minimum absolute atomic E-state index is 0.244. The first kappa shape index (κ1) is 12.9. The molecule has 0 radical (unpaired) electrons. The Hall–Kier alpha value is -1.58. The van der Waals surface area contributed by atoms with Gasteiger partial charge < -0.3 is 10.5 Å². The van der Waals surface area contributed by atoms with E-state index in [9.17, 15) is 0 Å². The van der Waals surface area contributed by atoms with Crippen LogP contribution in [0.3, 0.4) is 0 Å². The van der Waals surface area contributed by atoms with Gasteiger partial charge in [-0.25, -0.2) is 0 Å². The number of rotatable bonds is 4. The molecule has 18 heavy (non-hydrogen) atoms. The van der Waals surface area contributed by atoms with Crippen molar-refractivity contribution >= 4 is 11.6 Å². The second-order valence-electron chi connectivity index (χ2n) is 4.01. The Balaban J connectivity index is 2.18. The molecule has 1 unspecified atom stereocenters. The van der Waals surface area contributed by atoms with E-state index in [0.717, 1.165) is 22.0 Å². The standard InChI is InChI=1S/C14H15ClN2O/c1-10-8-11(5-6-12(10)15)18-14(9-16)13-4-2-3-7-17-13/h2-8,14H,9,16H2,1H3. The third-order valence-corrected chi connectivity index (χ3v) is 3.06. The lowest BCUT2D eigenvalue weighted by Crippen LogP contribution is -2.19. The molecule has 0 saturated heterocycles. The van der Waals surface area contributed by atoms with Gasteiger partial charge in [0.05, 0.1) is 5.69 Å². The Bertz CT molecular complexity index is 516. The monoisotopic (exact) mass is 262 g/mol. The number of nitrogens with zero attached hydrogens (tertiary/aromatic N) is 1. The Morgan fingerprint density at radius 3 is 2.78 bits per heavy atom. The van der Waals surface area contributed by atoms with Crippen LogP contribution in [-0.4, -0.2) is 11.5 Å². The summed E-state index contributed by atoms with van der Waals surface area (Å²) in [6.45, 7) is 2.31. The number of aromatic nitrogens is 1. The molecule has 0 aliphatic carbocycles. The van der Waals surface area contributed by atoms with Gasteiger partial charge in [0.2, 0.25) is 0 Å². The van der Waals surface area contributed by atoms with Gasteiger partial charge in [0, 0.05) is 17.8 Å². The number of hydrogen-bond donors (Lipinski definition) is 1. The zero-order chi connectivity index (χ0) is 13.0. The quantitative estimate of drug-likeness (QED) is 0.921. The summed E-state index contributed by atoms with van der Waals surface area (Å²) in [5, 5.41) is 0.726. The van der Waals surface area contributed by atoms with Crippen molar-refractivity contribution in [2.45, 2.75) is 13.0 Å². The molecule has 0 saturated carbocycles. The van der Waals surface area contributed by atoms with E-state index in [-0.39, 0.29) is 6.10 Å². The molecule has 4 heteroatoms. The van der Waals surface area contributed by atoms with Crippen LogP contribution >= 0.6 is 11.6 Å². The van der Waals surface area contributed by atoms with E-state index in [1.807, 2.05) is 43.3 Å². The lowest BCUT2D eigenvalue weighted by molar-refractivity contribution is 0.209. The SMILES string of the molecule is Cc1cc(OC(CN)c2ccccn2)ccc1Cl. The third kappa shape index (κ3) is 3.00. The topological polar surface area (TPSA) is 48.1 Å². The van der Waals surface area contributed by atoms with Gasteiger partial charge in [-0.05, 0) is 42.8 Å². The summed E-state index contributed by atoms with van der Waals surface area (Å²) in [6.07, 6.45) is 1.49. The zero-order valence-corrected chi connectivity index (χ0v) is 10.9. The van der Waals surface area contributed by atoms with Gasteiger partial charge in [0.15, 0.2) is 6.10 Å². The van der Waals surface area contributed by atoms with Gasteiger partial charge in [-0.2, -0.15) is 0 Å². The highest BCUT2D eigenvalue weighted by Gasteiger charge is 2.12. The van der Waals surface area contributed by atoms with Gasteiger partial charge in [0.1, 0.15) is 5.75 Å². The molecule has 0 bridgehead atoms. The number of halogens is 1.